The van der Waals surface area contributed by atoms with Gasteiger partial charge in [0.15, 0.2) is 12.5 Å². The van der Waals surface area contributed by atoms with Crippen LogP contribution in [0.25, 0.3) is 0 Å². The Morgan fingerprint density at radius 2 is 2.22 bits per heavy atom. The van der Waals surface area contributed by atoms with E-state index < -0.39 is 29.7 Å². The first-order valence-electron chi connectivity index (χ1n) is 7.26. The van der Waals surface area contributed by atoms with Crippen LogP contribution < -0.4 is 4.90 Å². The minimum absolute atomic E-state index is 0.176. The molecule has 0 aliphatic carbocycles. The van der Waals surface area contributed by atoms with Crippen molar-refractivity contribution >= 4 is 17.9 Å². The van der Waals surface area contributed by atoms with Crippen molar-refractivity contribution in [1.29, 1.82) is 0 Å². The number of anilines is 1. The van der Waals surface area contributed by atoms with Gasteiger partial charge in [-0.05, 0) is 39.0 Å². The normalized spacial score (nSPS) is 21.3. The summed E-state index contributed by atoms with van der Waals surface area (Å²) in [6, 6.07) is 3.98. The van der Waals surface area contributed by atoms with Crippen molar-refractivity contribution in [2.45, 2.75) is 38.7 Å². The van der Waals surface area contributed by atoms with E-state index in [0.29, 0.717) is 12.0 Å². The van der Waals surface area contributed by atoms with Crippen LogP contribution in [0.3, 0.4) is 0 Å². The second-order valence-electron chi connectivity index (χ2n) is 6.29. The molecule has 2 rings (SSSR count). The zero-order valence-corrected chi connectivity index (χ0v) is 13.3. The topological polar surface area (TPSA) is 76.1 Å². The van der Waals surface area contributed by atoms with Crippen molar-refractivity contribution in [3.8, 4) is 0 Å². The number of aliphatic hydroxyl groups excluding tert-OH is 1. The SMILES string of the molecule is CC(C)(C)OC(=O)c1ccc(N2C[C@H](CO)OC2C=O)cc1F. The number of carbonyl (C=O) groups excluding carboxylic acids is 2. The monoisotopic (exact) mass is 325 g/mol. The van der Waals surface area contributed by atoms with E-state index in [1.54, 1.807) is 20.8 Å². The van der Waals surface area contributed by atoms with Crippen molar-refractivity contribution in [2.24, 2.45) is 0 Å². The van der Waals surface area contributed by atoms with E-state index >= 15 is 0 Å². The third kappa shape index (κ3) is 4.05. The van der Waals surface area contributed by atoms with E-state index in [0.717, 1.165) is 6.07 Å². The van der Waals surface area contributed by atoms with Crippen LogP contribution in [0.15, 0.2) is 18.2 Å². The van der Waals surface area contributed by atoms with Crippen LogP contribution in [0.2, 0.25) is 0 Å². The maximum Gasteiger partial charge on any atom is 0.341 e. The van der Waals surface area contributed by atoms with Gasteiger partial charge in [-0.25, -0.2) is 9.18 Å². The fourth-order valence-electron chi connectivity index (χ4n) is 2.28. The highest BCUT2D eigenvalue weighted by atomic mass is 19.1. The number of halogens is 1. The lowest BCUT2D eigenvalue weighted by Gasteiger charge is -2.22. The maximum atomic E-state index is 14.2. The highest BCUT2D eigenvalue weighted by molar-refractivity contribution is 5.90. The molecule has 0 aromatic heterocycles. The standard InChI is InChI=1S/C16H20FNO5/c1-16(2,3)23-15(21)12-5-4-10(6-13(12)17)18-7-11(8-19)22-14(18)9-20/h4-6,9,11,14,19H,7-8H2,1-3H3/t11-,14?/m1/s1. The number of hydrogen-bond donors (Lipinski definition) is 1. The van der Waals surface area contributed by atoms with Crippen molar-refractivity contribution in [3.63, 3.8) is 0 Å². The number of carbonyl (C=O) groups is 2. The largest absolute Gasteiger partial charge is 0.456 e. The molecule has 1 N–H and O–H groups in total. The van der Waals surface area contributed by atoms with Gasteiger partial charge in [0.25, 0.3) is 0 Å². The van der Waals surface area contributed by atoms with E-state index in [1.165, 1.54) is 17.0 Å². The quantitative estimate of drug-likeness (QED) is 0.668. The van der Waals surface area contributed by atoms with Gasteiger partial charge in [-0.15, -0.1) is 0 Å². The summed E-state index contributed by atoms with van der Waals surface area (Å²) in [6.45, 7) is 5.11. The summed E-state index contributed by atoms with van der Waals surface area (Å²) in [4.78, 5) is 24.5. The van der Waals surface area contributed by atoms with Crippen LogP contribution >= 0.6 is 0 Å². The number of hydrogen-bond acceptors (Lipinski definition) is 6. The Morgan fingerprint density at radius 1 is 1.52 bits per heavy atom. The van der Waals surface area contributed by atoms with E-state index in [2.05, 4.69) is 0 Å². The van der Waals surface area contributed by atoms with E-state index in [4.69, 9.17) is 14.6 Å². The number of ether oxygens (including phenoxy) is 2. The van der Waals surface area contributed by atoms with Crippen molar-refractivity contribution in [1.82, 2.24) is 0 Å². The third-order valence-corrected chi connectivity index (χ3v) is 3.26. The zero-order chi connectivity index (χ0) is 17.2. The molecular formula is C16H20FNO5. The van der Waals surface area contributed by atoms with Crippen LogP contribution in [0, 0.1) is 5.82 Å². The molecule has 0 bridgehead atoms. The summed E-state index contributed by atoms with van der Waals surface area (Å²) in [7, 11) is 0. The first kappa shape index (κ1) is 17.4. The summed E-state index contributed by atoms with van der Waals surface area (Å²) in [6.07, 6.45) is -0.826. The number of aliphatic hydroxyl groups is 1. The number of esters is 1. The number of nitrogens with zero attached hydrogens (tertiary/aromatic N) is 1. The zero-order valence-electron chi connectivity index (χ0n) is 13.3. The Labute approximate surface area is 133 Å². The van der Waals surface area contributed by atoms with E-state index in [-0.39, 0.29) is 18.7 Å². The third-order valence-electron chi connectivity index (χ3n) is 3.26. The van der Waals surface area contributed by atoms with Crippen LogP contribution in [0.4, 0.5) is 10.1 Å². The molecule has 0 spiro atoms. The van der Waals surface area contributed by atoms with Gasteiger partial charge in [-0.1, -0.05) is 0 Å². The molecule has 1 heterocycles. The molecule has 1 fully saturated rings. The molecule has 1 unspecified atom stereocenters. The Morgan fingerprint density at radius 3 is 2.74 bits per heavy atom. The molecule has 7 heteroatoms. The summed E-state index contributed by atoms with van der Waals surface area (Å²) in [5, 5.41) is 9.12. The van der Waals surface area contributed by atoms with Gasteiger partial charge >= 0.3 is 5.97 Å². The van der Waals surface area contributed by atoms with Crippen molar-refractivity contribution in [3.05, 3.63) is 29.6 Å². The predicted molar refractivity (Wildman–Crippen MR) is 80.7 cm³/mol. The molecule has 0 radical (unpaired) electrons. The number of aldehydes is 1. The Hall–Kier alpha value is -1.99. The second kappa shape index (κ2) is 6.64. The van der Waals surface area contributed by atoms with Gasteiger partial charge in [-0.3, -0.25) is 4.79 Å². The molecule has 0 amide bonds. The molecule has 1 aromatic carbocycles. The molecule has 1 aromatic rings. The summed E-state index contributed by atoms with van der Waals surface area (Å²) < 4.78 is 24.7. The minimum atomic E-state index is -0.890. The molecule has 23 heavy (non-hydrogen) atoms. The van der Waals surface area contributed by atoms with Crippen LogP contribution in [0.1, 0.15) is 31.1 Å². The van der Waals surface area contributed by atoms with Gasteiger partial charge < -0.3 is 19.5 Å². The summed E-state index contributed by atoms with van der Waals surface area (Å²) in [5.74, 6) is -1.49. The average Bonchev–Trinajstić information content (AvgIpc) is 2.88. The summed E-state index contributed by atoms with van der Waals surface area (Å²) in [5.41, 5.74) is -0.505. The highest BCUT2D eigenvalue weighted by Crippen LogP contribution is 2.26. The lowest BCUT2D eigenvalue weighted by atomic mass is 10.1. The lowest BCUT2D eigenvalue weighted by Crippen LogP contribution is -2.31. The van der Waals surface area contributed by atoms with Crippen LogP contribution in [0.5, 0.6) is 0 Å². The van der Waals surface area contributed by atoms with Gasteiger partial charge in [0.05, 0.1) is 12.2 Å². The van der Waals surface area contributed by atoms with Crippen molar-refractivity contribution < 1.29 is 28.6 Å². The van der Waals surface area contributed by atoms with Gasteiger partial charge in [0.1, 0.15) is 17.5 Å². The van der Waals surface area contributed by atoms with Crippen LogP contribution in [-0.2, 0) is 14.3 Å². The summed E-state index contributed by atoms with van der Waals surface area (Å²) >= 11 is 0. The van der Waals surface area contributed by atoms with E-state index in [1.807, 2.05) is 0 Å². The van der Waals surface area contributed by atoms with Gasteiger partial charge in [0, 0.05) is 12.2 Å². The first-order valence-corrected chi connectivity index (χ1v) is 7.26. The van der Waals surface area contributed by atoms with Gasteiger partial charge in [-0.2, -0.15) is 0 Å². The van der Waals surface area contributed by atoms with E-state index in [9.17, 15) is 14.0 Å². The Bertz CT molecular complexity index is 599. The molecule has 6 nitrogen and oxygen atoms in total. The number of benzene rings is 1. The molecule has 126 valence electrons. The first-order chi connectivity index (χ1) is 10.7. The van der Waals surface area contributed by atoms with Crippen molar-refractivity contribution in [2.75, 3.05) is 18.1 Å². The smallest absolute Gasteiger partial charge is 0.341 e. The molecule has 0 saturated carbocycles. The number of rotatable bonds is 4. The van der Waals surface area contributed by atoms with Gasteiger partial charge in [0.2, 0.25) is 0 Å². The van der Waals surface area contributed by atoms with Crippen LogP contribution in [-0.4, -0.2) is 48.4 Å². The maximum absolute atomic E-state index is 14.2. The predicted octanol–water partition coefficient (Wildman–Crippen LogP) is 1.50. The molecule has 1 aliphatic heterocycles. The second-order valence-corrected chi connectivity index (χ2v) is 6.29. The average molecular weight is 325 g/mol. The lowest BCUT2D eigenvalue weighted by molar-refractivity contribution is -0.117. The molecule has 1 saturated heterocycles. The molecule has 1 aliphatic rings. The minimum Gasteiger partial charge on any atom is -0.456 e. The highest BCUT2D eigenvalue weighted by Gasteiger charge is 2.33. The molecule has 2 atom stereocenters. The Kier molecular flexibility index (Phi) is 5.01. The molecular weight excluding hydrogens is 305 g/mol. The fraction of sp³-hybridized carbons (Fsp3) is 0.500. The fourth-order valence-corrected chi connectivity index (χ4v) is 2.28. The Balaban J connectivity index is 2.22.